The molecule has 0 aromatic rings. The van der Waals surface area contributed by atoms with Crippen LogP contribution >= 0.6 is 0 Å². The molecule has 0 aromatic carbocycles. The van der Waals surface area contributed by atoms with Gasteiger partial charge < -0.3 is 14.6 Å². The predicted octanol–water partition coefficient (Wildman–Crippen LogP) is 6.41. The summed E-state index contributed by atoms with van der Waals surface area (Å²) in [5.74, 6) is 3.90. The Kier molecular flexibility index (Phi) is 7.64. The van der Waals surface area contributed by atoms with Gasteiger partial charge in [0.05, 0.1) is 6.10 Å². The van der Waals surface area contributed by atoms with Gasteiger partial charge in [0, 0.05) is 24.9 Å². The largest absolute Gasteiger partial charge is 0.481 e. The Balaban J connectivity index is 1.37. The molecule has 1 heterocycles. The molecule has 5 heteroatoms. The molecule has 0 bridgehead atoms. The summed E-state index contributed by atoms with van der Waals surface area (Å²) in [7, 11) is 0. The van der Waals surface area contributed by atoms with Crippen LogP contribution in [0, 0.1) is 58.7 Å². The van der Waals surface area contributed by atoms with E-state index in [0.29, 0.717) is 30.0 Å². The van der Waals surface area contributed by atoms with E-state index in [2.05, 4.69) is 25.8 Å². The van der Waals surface area contributed by atoms with Crippen LogP contribution in [-0.4, -0.2) is 35.9 Å². The van der Waals surface area contributed by atoms with Crippen LogP contribution in [0.3, 0.4) is 0 Å². The standard InChI is InChI=1S/C32H46O5/c1-5-20(10-13-27(33)34)23-11-12-24-29-25(15-17-31(23,24)3)32(4)16-14-21(37-28-9-7-8-18-36-28)19-26(32)22(6-2)30(29)35/h1,6,20-21,23-26,28-29H,7-19H2,2-4H3,(H,33,34)/b22-6-/t20-,21-,23?,24?,25?,26+,28?,29-,31-,32-/m1/s1. The minimum atomic E-state index is -0.780. The zero-order chi connectivity index (χ0) is 26.4. The van der Waals surface area contributed by atoms with Crippen molar-refractivity contribution in [3.05, 3.63) is 11.6 Å². The van der Waals surface area contributed by atoms with Crippen molar-refractivity contribution in [3.8, 4) is 12.3 Å². The number of carbonyl (C=O) groups excluding carboxylic acids is 1. The van der Waals surface area contributed by atoms with E-state index in [-0.39, 0.29) is 47.4 Å². The molecule has 0 spiro atoms. The van der Waals surface area contributed by atoms with Gasteiger partial charge in [-0.1, -0.05) is 19.9 Å². The van der Waals surface area contributed by atoms with Crippen molar-refractivity contribution >= 4 is 11.8 Å². The molecule has 204 valence electrons. The van der Waals surface area contributed by atoms with Gasteiger partial charge in [0.25, 0.3) is 0 Å². The molecule has 10 atom stereocenters. The first-order valence-corrected chi connectivity index (χ1v) is 14.9. The van der Waals surface area contributed by atoms with Gasteiger partial charge in [0.2, 0.25) is 0 Å². The molecule has 5 fully saturated rings. The smallest absolute Gasteiger partial charge is 0.303 e. The van der Waals surface area contributed by atoms with E-state index < -0.39 is 5.97 Å². The highest BCUT2D eigenvalue weighted by Gasteiger charge is 2.64. The van der Waals surface area contributed by atoms with Crippen LogP contribution in [0.1, 0.15) is 97.8 Å². The van der Waals surface area contributed by atoms with Crippen molar-refractivity contribution in [3.63, 3.8) is 0 Å². The number of allylic oxidation sites excluding steroid dienone is 2. The SMILES string of the molecule is C#C[C@H](CCC(=O)O)C1CCC2[C@H]3C(=O)/C(=C\C)[C@@H]4C[C@H](OC5CCCCO5)CC[C@]4(C)C3CC[C@@]21C. The Morgan fingerprint density at radius 2 is 1.92 bits per heavy atom. The van der Waals surface area contributed by atoms with Crippen LogP contribution < -0.4 is 0 Å². The maximum atomic E-state index is 14.3. The molecule has 0 aromatic heterocycles. The number of terminal acetylenes is 1. The third-order valence-corrected chi connectivity index (χ3v) is 11.6. The minimum absolute atomic E-state index is 0.00699. The molecule has 0 radical (unpaired) electrons. The molecule has 4 aliphatic carbocycles. The van der Waals surface area contributed by atoms with Gasteiger partial charge in [0.1, 0.15) is 0 Å². The van der Waals surface area contributed by atoms with Crippen molar-refractivity contribution in [1.82, 2.24) is 0 Å². The fourth-order valence-corrected chi connectivity index (χ4v) is 9.71. The number of hydrogen-bond donors (Lipinski definition) is 1. The molecular weight excluding hydrogens is 464 g/mol. The zero-order valence-corrected chi connectivity index (χ0v) is 23.0. The Labute approximate surface area is 223 Å². The number of carbonyl (C=O) groups is 2. The van der Waals surface area contributed by atoms with Crippen LogP contribution in [0.5, 0.6) is 0 Å². The van der Waals surface area contributed by atoms with Gasteiger partial charge in [-0.2, -0.15) is 0 Å². The highest BCUT2D eigenvalue weighted by molar-refractivity contribution is 5.99. The molecule has 0 amide bonds. The summed E-state index contributed by atoms with van der Waals surface area (Å²) in [5, 5.41) is 9.26. The Bertz CT molecular complexity index is 957. The first-order chi connectivity index (χ1) is 17.7. The molecule has 5 nitrogen and oxygen atoms in total. The summed E-state index contributed by atoms with van der Waals surface area (Å²) in [4.78, 5) is 25.5. The molecule has 1 N–H and O–H groups in total. The van der Waals surface area contributed by atoms with E-state index >= 15 is 0 Å². The van der Waals surface area contributed by atoms with Gasteiger partial charge in [0.15, 0.2) is 12.1 Å². The Hall–Kier alpha value is -1.64. The normalized spacial score (nSPS) is 45.4. The summed E-state index contributed by atoms with van der Waals surface area (Å²) in [5.41, 5.74) is 1.16. The summed E-state index contributed by atoms with van der Waals surface area (Å²) in [6.45, 7) is 7.66. The Morgan fingerprint density at radius 3 is 2.59 bits per heavy atom. The lowest BCUT2D eigenvalue weighted by atomic mass is 9.43. The van der Waals surface area contributed by atoms with E-state index in [9.17, 15) is 14.7 Å². The number of carboxylic acids is 1. The number of hydrogen-bond acceptors (Lipinski definition) is 4. The van der Waals surface area contributed by atoms with E-state index in [1.54, 1.807) is 0 Å². The fourth-order valence-electron chi connectivity index (χ4n) is 9.71. The number of carboxylic acid groups (broad SMARTS) is 1. The number of ether oxygens (including phenoxy) is 2. The summed E-state index contributed by atoms with van der Waals surface area (Å²) in [6.07, 6.45) is 19.3. The van der Waals surface area contributed by atoms with E-state index in [1.807, 2.05) is 6.92 Å². The predicted molar refractivity (Wildman–Crippen MR) is 142 cm³/mol. The highest BCUT2D eigenvalue weighted by Crippen LogP contribution is 2.68. The lowest BCUT2D eigenvalue weighted by Crippen LogP contribution is -2.58. The van der Waals surface area contributed by atoms with Crippen molar-refractivity contribution in [2.75, 3.05) is 6.61 Å². The molecule has 5 aliphatic rings. The van der Waals surface area contributed by atoms with Gasteiger partial charge in [-0.25, -0.2) is 0 Å². The number of fused-ring (bicyclic) bond motifs is 5. The first-order valence-electron chi connectivity index (χ1n) is 14.9. The maximum absolute atomic E-state index is 14.3. The number of rotatable bonds is 6. The molecule has 5 rings (SSSR count). The van der Waals surface area contributed by atoms with Gasteiger partial charge in [-0.05, 0) is 118 Å². The van der Waals surface area contributed by atoms with E-state index in [1.165, 1.54) is 6.42 Å². The lowest BCUT2D eigenvalue weighted by molar-refractivity contribution is -0.207. The van der Waals surface area contributed by atoms with Crippen molar-refractivity contribution in [2.45, 2.75) is 110 Å². The second-order valence-electron chi connectivity index (χ2n) is 13.2. The zero-order valence-electron chi connectivity index (χ0n) is 23.0. The summed E-state index contributed by atoms with van der Waals surface area (Å²) < 4.78 is 12.3. The number of Topliss-reactive ketones (excluding diaryl/α,β-unsaturated/α-hetero) is 1. The first kappa shape index (κ1) is 26.9. The summed E-state index contributed by atoms with van der Waals surface area (Å²) >= 11 is 0. The minimum Gasteiger partial charge on any atom is -0.481 e. The van der Waals surface area contributed by atoms with Crippen LogP contribution in [0.4, 0.5) is 0 Å². The van der Waals surface area contributed by atoms with E-state index in [4.69, 9.17) is 15.9 Å². The molecular formula is C32H46O5. The molecule has 4 saturated carbocycles. The average Bonchev–Trinajstić information content (AvgIpc) is 3.23. The van der Waals surface area contributed by atoms with Gasteiger partial charge in [-0.15, -0.1) is 12.3 Å². The maximum Gasteiger partial charge on any atom is 0.303 e. The Morgan fingerprint density at radius 1 is 1.16 bits per heavy atom. The van der Waals surface area contributed by atoms with E-state index in [0.717, 1.165) is 70.0 Å². The van der Waals surface area contributed by atoms with Gasteiger partial charge in [-0.3, -0.25) is 9.59 Å². The van der Waals surface area contributed by atoms with Crippen molar-refractivity contribution in [1.29, 1.82) is 0 Å². The highest BCUT2D eigenvalue weighted by atomic mass is 16.7. The van der Waals surface area contributed by atoms with Crippen LogP contribution in [0.25, 0.3) is 0 Å². The number of aliphatic carboxylic acids is 1. The molecule has 1 aliphatic heterocycles. The lowest BCUT2D eigenvalue weighted by Gasteiger charge is -2.61. The monoisotopic (exact) mass is 510 g/mol. The quantitative estimate of drug-likeness (QED) is 0.254. The van der Waals surface area contributed by atoms with Gasteiger partial charge >= 0.3 is 5.97 Å². The fraction of sp³-hybridized carbons (Fsp3) is 0.812. The third kappa shape index (κ3) is 4.61. The summed E-state index contributed by atoms with van der Waals surface area (Å²) in [6, 6.07) is 0. The number of ketones is 1. The second kappa shape index (κ2) is 10.5. The average molecular weight is 511 g/mol. The van der Waals surface area contributed by atoms with Crippen LogP contribution in [0.2, 0.25) is 0 Å². The third-order valence-electron chi connectivity index (χ3n) is 11.6. The van der Waals surface area contributed by atoms with Crippen LogP contribution in [-0.2, 0) is 19.1 Å². The van der Waals surface area contributed by atoms with Crippen LogP contribution in [0.15, 0.2) is 11.6 Å². The molecule has 37 heavy (non-hydrogen) atoms. The van der Waals surface area contributed by atoms with Crippen molar-refractivity contribution in [2.24, 2.45) is 46.3 Å². The molecule has 1 saturated heterocycles. The topological polar surface area (TPSA) is 72.8 Å². The molecule has 4 unspecified atom stereocenters. The van der Waals surface area contributed by atoms with Crippen molar-refractivity contribution < 1.29 is 24.2 Å². The second-order valence-corrected chi connectivity index (χ2v) is 13.2.